The zero-order valence-corrected chi connectivity index (χ0v) is 18.7. The van der Waals surface area contributed by atoms with Gasteiger partial charge in [0.25, 0.3) is 5.91 Å². The van der Waals surface area contributed by atoms with E-state index in [1.54, 1.807) is 19.2 Å². The molecule has 0 aromatic heterocycles. The van der Waals surface area contributed by atoms with E-state index in [1.165, 1.54) is 16.7 Å². The Bertz CT molecular complexity index is 1050. The highest BCUT2D eigenvalue weighted by atomic mass is 32.2. The Labute approximate surface area is 190 Å². The Morgan fingerprint density at radius 2 is 1.81 bits per heavy atom. The monoisotopic (exact) mass is 452 g/mol. The highest BCUT2D eigenvalue weighted by Gasteiger charge is 2.53. The molecule has 0 bridgehead atoms. The molecule has 7 nitrogen and oxygen atoms in total. The van der Waals surface area contributed by atoms with Crippen molar-refractivity contribution in [1.29, 1.82) is 0 Å². The van der Waals surface area contributed by atoms with Crippen molar-refractivity contribution in [3.63, 3.8) is 0 Å². The van der Waals surface area contributed by atoms with Gasteiger partial charge in [-0.05, 0) is 35.8 Å². The Morgan fingerprint density at radius 1 is 1.09 bits per heavy atom. The predicted molar refractivity (Wildman–Crippen MR) is 121 cm³/mol. The zero-order chi connectivity index (χ0) is 22.7. The maximum Gasteiger partial charge on any atom is 0.355 e. The van der Waals surface area contributed by atoms with Gasteiger partial charge in [-0.15, -0.1) is 11.8 Å². The molecule has 2 atom stereocenters. The molecule has 0 unspecified atom stereocenters. The van der Waals surface area contributed by atoms with Crippen LogP contribution in [-0.2, 0) is 32.1 Å². The third-order valence-electron chi connectivity index (χ3n) is 5.41. The van der Waals surface area contributed by atoms with Gasteiger partial charge in [0.2, 0.25) is 5.91 Å². The summed E-state index contributed by atoms with van der Waals surface area (Å²) in [5.41, 5.74) is 2.76. The highest BCUT2D eigenvalue weighted by Crippen LogP contribution is 2.40. The van der Waals surface area contributed by atoms with Gasteiger partial charge < -0.3 is 14.8 Å². The molecule has 2 aromatic rings. The molecule has 1 saturated heterocycles. The second-order valence-corrected chi connectivity index (χ2v) is 8.78. The molecule has 8 heteroatoms. The molecule has 2 heterocycles. The van der Waals surface area contributed by atoms with Gasteiger partial charge >= 0.3 is 5.97 Å². The van der Waals surface area contributed by atoms with E-state index in [4.69, 9.17) is 9.47 Å². The molecule has 0 aliphatic carbocycles. The quantitative estimate of drug-likeness (QED) is 0.514. The zero-order valence-electron chi connectivity index (χ0n) is 17.9. The number of benzene rings is 2. The fourth-order valence-electron chi connectivity index (χ4n) is 3.71. The van der Waals surface area contributed by atoms with Crippen LogP contribution in [0.3, 0.4) is 0 Å². The van der Waals surface area contributed by atoms with E-state index in [0.717, 1.165) is 22.4 Å². The fourth-order valence-corrected chi connectivity index (χ4v) is 5.00. The second kappa shape index (κ2) is 9.48. The number of carbonyl (C=O) groups is 3. The Kier molecular flexibility index (Phi) is 6.50. The lowest BCUT2D eigenvalue weighted by atomic mass is 10.0. The van der Waals surface area contributed by atoms with Crippen LogP contribution in [0.5, 0.6) is 5.75 Å². The van der Waals surface area contributed by atoms with E-state index in [9.17, 15) is 14.4 Å². The van der Waals surface area contributed by atoms with Gasteiger partial charge in [-0.2, -0.15) is 0 Å². The van der Waals surface area contributed by atoms with E-state index in [-0.39, 0.29) is 35.9 Å². The summed E-state index contributed by atoms with van der Waals surface area (Å²) >= 11 is 1.53. The molecule has 2 aliphatic heterocycles. The standard InChI is InChI=1S/C24H24N2O5S/c1-15-14-32-23-20(25-19(27)12-16-6-4-3-5-7-16)22(28)26(23)21(15)24(29)31-13-17-8-10-18(30-2)11-9-17/h3-11,20,23H,12-14H2,1-2H3,(H,25,27)/t20-,23+/m1/s1. The van der Waals surface area contributed by atoms with Crippen LogP contribution in [0.1, 0.15) is 18.1 Å². The molecular formula is C24H24N2O5S. The summed E-state index contributed by atoms with van der Waals surface area (Å²) in [6.45, 7) is 1.92. The van der Waals surface area contributed by atoms with Crippen LogP contribution in [0.15, 0.2) is 65.9 Å². The summed E-state index contributed by atoms with van der Waals surface area (Å²) in [6.07, 6.45) is 0.202. The van der Waals surface area contributed by atoms with Crippen molar-refractivity contribution in [2.75, 3.05) is 12.9 Å². The largest absolute Gasteiger partial charge is 0.497 e. The molecule has 2 aromatic carbocycles. The smallest absolute Gasteiger partial charge is 0.355 e. The van der Waals surface area contributed by atoms with Gasteiger partial charge in [-0.25, -0.2) is 4.79 Å². The number of carbonyl (C=O) groups excluding carboxylic acids is 3. The van der Waals surface area contributed by atoms with Crippen molar-refractivity contribution in [3.05, 3.63) is 77.0 Å². The van der Waals surface area contributed by atoms with Crippen molar-refractivity contribution in [3.8, 4) is 5.75 Å². The van der Waals surface area contributed by atoms with Crippen molar-refractivity contribution >= 4 is 29.5 Å². The van der Waals surface area contributed by atoms with Crippen molar-refractivity contribution in [2.24, 2.45) is 0 Å². The molecule has 1 fully saturated rings. The lowest BCUT2D eigenvalue weighted by molar-refractivity contribution is -0.153. The average molecular weight is 453 g/mol. The minimum Gasteiger partial charge on any atom is -0.497 e. The number of hydrogen-bond donors (Lipinski definition) is 1. The first-order chi connectivity index (χ1) is 15.5. The van der Waals surface area contributed by atoms with Crippen LogP contribution in [-0.4, -0.2) is 47.0 Å². The van der Waals surface area contributed by atoms with Crippen LogP contribution < -0.4 is 10.1 Å². The minimum absolute atomic E-state index is 0.0939. The predicted octanol–water partition coefficient (Wildman–Crippen LogP) is 2.66. The van der Waals surface area contributed by atoms with Gasteiger partial charge in [0.15, 0.2) is 0 Å². The maximum atomic E-state index is 12.8. The molecule has 0 spiro atoms. The summed E-state index contributed by atoms with van der Waals surface area (Å²) in [6, 6.07) is 15.9. The first-order valence-electron chi connectivity index (χ1n) is 10.3. The Balaban J connectivity index is 1.37. The minimum atomic E-state index is -0.645. The first-order valence-corrected chi connectivity index (χ1v) is 11.3. The van der Waals surface area contributed by atoms with Crippen molar-refractivity contribution < 1.29 is 23.9 Å². The Morgan fingerprint density at radius 3 is 2.50 bits per heavy atom. The number of ether oxygens (including phenoxy) is 2. The molecule has 0 radical (unpaired) electrons. The SMILES string of the molecule is COc1ccc(COC(=O)C2=C(C)CS[C@H]3[C@H](NC(=O)Cc4ccccc4)C(=O)N23)cc1. The van der Waals surface area contributed by atoms with E-state index >= 15 is 0 Å². The van der Waals surface area contributed by atoms with Gasteiger partial charge in [-0.3, -0.25) is 14.5 Å². The summed E-state index contributed by atoms with van der Waals surface area (Å²) in [5.74, 6) is 0.263. The van der Waals surface area contributed by atoms with E-state index < -0.39 is 12.0 Å². The summed E-state index contributed by atoms with van der Waals surface area (Å²) in [5, 5.41) is 2.51. The molecule has 0 saturated carbocycles. The lowest BCUT2D eigenvalue weighted by Crippen LogP contribution is -2.70. The van der Waals surface area contributed by atoms with E-state index in [2.05, 4.69) is 5.32 Å². The van der Waals surface area contributed by atoms with Gasteiger partial charge in [-0.1, -0.05) is 42.5 Å². The van der Waals surface area contributed by atoms with Crippen LogP contribution in [0, 0.1) is 0 Å². The number of nitrogens with zero attached hydrogens (tertiary/aromatic N) is 1. The van der Waals surface area contributed by atoms with Crippen LogP contribution in [0.25, 0.3) is 0 Å². The number of β-lactam (4-membered cyclic amide) rings is 1. The van der Waals surface area contributed by atoms with Crippen molar-refractivity contribution in [1.82, 2.24) is 10.2 Å². The molecule has 4 rings (SSSR count). The second-order valence-electron chi connectivity index (χ2n) is 7.67. The Hall–Kier alpha value is -3.26. The molecule has 2 amide bonds. The number of amides is 2. The van der Waals surface area contributed by atoms with Crippen LogP contribution in [0.4, 0.5) is 0 Å². The van der Waals surface area contributed by atoms with E-state index in [0.29, 0.717) is 5.75 Å². The average Bonchev–Trinajstić information content (AvgIpc) is 2.81. The number of hydrogen-bond acceptors (Lipinski definition) is 6. The van der Waals surface area contributed by atoms with Crippen molar-refractivity contribution in [2.45, 2.75) is 31.4 Å². The van der Waals surface area contributed by atoms with Crippen LogP contribution in [0.2, 0.25) is 0 Å². The third-order valence-corrected chi connectivity index (χ3v) is 6.83. The summed E-state index contributed by atoms with van der Waals surface area (Å²) < 4.78 is 10.6. The van der Waals surface area contributed by atoms with Crippen LogP contribution >= 0.6 is 11.8 Å². The number of rotatable bonds is 7. The van der Waals surface area contributed by atoms with E-state index in [1.807, 2.05) is 49.4 Å². The maximum absolute atomic E-state index is 12.8. The topological polar surface area (TPSA) is 84.9 Å². The number of methoxy groups -OCH3 is 1. The molecule has 1 N–H and O–H groups in total. The summed E-state index contributed by atoms with van der Waals surface area (Å²) in [4.78, 5) is 39.5. The molecule has 32 heavy (non-hydrogen) atoms. The first kappa shape index (κ1) is 22.0. The van der Waals surface area contributed by atoms with Gasteiger partial charge in [0.05, 0.1) is 13.5 Å². The number of esters is 1. The van der Waals surface area contributed by atoms with Gasteiger partial charge in [0, 0.05) is 5.75 Å². The normalized spacial score (nSPS) is 19.7. The molecule has 2 aliphatic rings. The highest BCUT2D eigenvalue weighted by molar-refractivity contribution is 8.00. The lowest BCUT2D eigenvalue weighted by Gasteiger charge is -2.49. The number of nitrogens with one attached hydrogen (secondary N) is 1. The van der Waals surface area contributed by atoms with Gasteiger partial charge in [0.1, 0.15) is 29.5 Å². The number of fused-ring (bicyclic) bond motifs is 1. The third kappa shape index (κ3) is 4.50. The fraction of sp³-hybridized carbons (Fsp3) is 0.292. The summed E-state index contributed by atoms with van der Waals surface area (Å²) in [7, 11) is 1.59. The molecule has 166 valence electrons. The number of thioether (sulfide) groups is 1. The molecular weight excluding hydrogens is 428 g/mol.